The summed E-state index contributed by atoms with van der Waals surface area (Å²) in [5.41, 5.74) is 2.36. The van der Waals surface area contributed by atoms with E-state index in [1.165, 1.54) is 6.07 Å². The minimum Gasteiger partial charge on any atom is -0.496 e. The summed E-state index contributed by atoms with van der Waals surface area (Å²) < 4.78 is 32.1. The van der Waals surface area contributed by atoms with Gasteiger partial charge in [-0.3, -0.25) is 0 Å². The van der Waals surface area contributed by atoms with Gasteiger partial charge in [0.2, 0.25) is 0 Å². The number of alkyl halides is 1. The van der Waals surface area contributed by atoms with E-state index in [4.69, 9.17) is 4.74 Å². The molecule has 1 unspecified atom stereocenters. The fourth-order valence-corrected chi connectivity index (χ4v) is 2.68. The topological polar surface area (TPSA) is 9.23 Å². The van der Waals surface area contributed by atoms with Gasteiger partial charge in [0.25, 0.3) is 0 Å². The highest BCUT2D eigenvalue weighted by molar-refractivity contribution is 9.09. The number of hydrogen-bond acceptors (Lipinski definition) is 1. The highest BCUT2D eigenvalue weighted by Crippen LogP contribution is 2.31. The molecule has 2 aromatic rings. The van der Waals surface area contributed by atoms with Gasteiger partial charge in [-0.15, -0.1) is 0 Å². The third-order valence-corrected chi connectivity index (χ3v) is 4.08. The number of rotatable bonds is 4. The van der Waals surface area contributed by atoms with Gasteiger partial charge in [-0.05, 0) is 42.2 Å². The zero-order valence-electron chi connectivity index (χ0n) is 11.3. The molecule has 1 atom stereocenters. The maximum Gasteiger partial charge on any atom is 0.162 e. The molecule has 0 aliphatic carbocycles. The van der Waals surface area contributed by atoms with Crippen LogP contribution in [-0.4, -0.2) is 7.11 Å². The summed E-state index contributed by atoms with van der Waals surface area (Å²) in [5, 5.41) is 0. The molecular formula is C16H15BrF2O. The van der Waals surface area contributed by atoms with Gasteiger partial charge in [-0.1, -0.05) is 40.2 Å². The lowest BCUT2D eigenvalue weighted by Gasteiger charge is -2.13. The van der Waals surface area contributed by atoms with Crippen molar-refractivity contribution in [2.24, 2.45) is 0 Å². The van der Waals surface area contributed by atoms with Gasteiger partial charge in [-0.2, -0.15) is 0 Å². The van der Waals surface area contributed by atoms with Crippen molar-refractivity contribution >= 4 is 15.9 Å². The van der Waals surface area contributed by atoms with E-state index < -0.39 is 11.6 Å². The smallest absolute Gasteiger partial charge is 0.162 e. The first kappa shape index (κ1) is 15.0. The molecule has 0 spiro atoms. The molecule has 2 rings (SSSR count). The standard InChI is InChI=1S/C16H15BrF2O/c1-10-6-7-11(9-15(10)20-2)13(17)8-12-4-3-5-14(18)16(12)19/h3-7,9,13H,8H2,1-2H3. The van der Waals surface area contributed by atoms with Gasteiger partial charge < -0.3 is 4.74 Å². The number of hydrogen-bond donors (Lipinski definition) is 0. The van der Waals surface area contributed by atoms with Crippen molar-refractivity contribution in [3.05, 3.63) is 64.7 Å². The number of aryl methyl sites for hydroxylation is 1. The lowest BCUT2D eigenvalue weighted by Crippen LogP contribution is -2.00. The molecule has 0 radical (unpaired) electrons. The second kappa shape index (κ2) is 6.35. The molecule has 0 amide bonds. The fraction of sp³-hybridized carbons (Fsp3) is 0.250. The third-order valence-electron chi connectivity index (χ3n) is 3.22. The van der Waals surface area contributed by atoms with E-state index in [0.29, 0.717) is 12.0 Å². The van der Waals surface area contributed by atoms with Crippen LogP contribution in [0.15, 0.2) is 36.4 Å². The lowest BCUT2D eigenvalue weighted by molar-refractivity contribution is 0.411. The van der Waals surface area contributed by atoms with Gasteiger partial charge in [-0.25, -0.2) is 8.78 Å². The monoisotopic (exact) mass is 340 g/mol. The third kappa shape index (κ3) is 3.18. The van der Waals surface area contributed by atoms with Crippen LogP contribution in [0.2, 0.25) is 0 Å². The molecule has 0 N–H and O–H groups in total. The van der Waals surface area contributed by atoms with Crippen molar-refractivity contribution in [2.75, 3.05) is 7.11 Å². The van der Waals surface area contributed by atoms with E-state index in [2.05, 4.69) is 15.9 Å². The van der Waals surface area contributed by atoms with E-state index in [1.54, 1.807) is 13.2 Å². The Morgan fingerprint density at radius 1 is 1.20 bits per heavy atom. The molecular weight excluding hydrogens is 326 g/mol. The van der Waals surface area contributed by atoms with Crippen LogP contribution in [0.25, 0.3) is 0 Å². The molecule has 1 nitrogen and oxygen atoms in total. The molecule has 0 saturated heterocycles. The predicted molar refractivity (Wildman–Crippen MR) is 79.5 cm³/mol. The molecule has 0 aliphatic heterocycles. The molecule has 20 heavy (non-hydrogen) atoms. The van der Waals surface area contributed by atoms with E-state index >= 15 is 0 Å². The average molecular weight is 341 g/mol. The second-order valence-corrected chi connectivity index (χ2v) is 5.72. The van der Waals surface area contributed by atoms with Gasteiger partial charge >= 0.3 is 0 Å². The van der Waals surface area contributed by atoms with Crippen LogP contribution in [0.1, 0.15) is 21.5 Å². The van der Waals surface area contributed by atoms with Gasteiger partial charge in [0, 0.05) is 4.83 Å². The number of ether oxygens (including phenoxy) is 1. The molecule has 0 aromatic heterocycles. The normalized spacial score (nSPS) is 12.2. The molecule has 0 saturated carbocycles. The van der Waals surface area contributed by atoms with Crippen molar-refractivity contribution in [3.8, 4) is 5.75 Å². The second-order valence-electron chi connectivity index (χ2n) is 4.61. The number of methoxy groups -OCH3 is 1. The zero-order valence-corrected chi connectivity index (χ0v) is 12.9. The number of benzene rings is 2. The maximum absolute atomic E-state index is 13.7. The number of halogens is 3. The Labute approximate surface area is 125 Å². The highest BCUT2D eigenvalue weighted by atomic mass is 79.9. The Morgan fingerprint density at radius 2 is 1.95 bits per heavy atom. The molecule has 0 fully saturated rings. The summed E-state index contributed by atoms with van der Waals surface area (Å²) >= 11 is 3.52. The van der Waals surface area contributed by atoms with E-state index in [0.717, 1.165) is 22.9 Å². The van der Waals surface area contributed by atoms with Gasteiger partial charge in [0.15, 0.2) is 11.6 Å². The Hall–Kier alpha value is -1.42. The molecule has 2 aromatic carbocycles. The zero-order chi connectivity index (χ0) is 14.7. The van der Waals surface area contributed by atoms with Crippen molar-refractivity contribution < 1.29 is 13.5 Å². The van der Waals surface area contributed by atoms with E-state index in [1.807, 2.05) is 25.1 Å². The minimum atomic E-state index is -0.816. The SMILES string of the molecule is COc1cc(C(Br)Cc2cccc(F)c2F)ccc1C. The Kier molecular flexibility index (Phi) is 4.76. The van der Waals surface area contributed by atoms with Crippen molar-refractivity contribution in [2.45, 2.75) is 18.2 Å². The first-order valence-electron chi connectivity index (χ1n) is 6.24. The molecule has 0 heterocycles. The summed E-state index contributed by atoms with van der Waals surface area (Å²) in [5.74, 6) is -0.814. The Balaban J connectivity index is 2.24. The summed E-state index contributed by atoms with van der Waals surface area (Å²) in [6, 6.07) is 10.0. The van der Waals surface area contributed by atoms with E-state index in [-0.39, 0.29) is 4.83 Å². The summed E-state index contributed by atoms with van der Waals surface area (Å²) in [7, 11) is 1.61. The summed E-state index contributed by atoms with van der Waals surface area (Å²) in [6.07, 6.45) is 0.371. The molecule has 0 bridgehead atoms. The highest BCUT2D eigenvalue weighted by Gasteiger charge is 2.15. The van der Waals surface area contributed by atoms with Crippen LogP contribution in [0.5, 0.6) is 5.75 Å². The van der Waals surface area contributed by atoms with Crippen LogP contribution < -0.4 is 4.74 Å². The van der Waals surface area contributed by atoms with Crippen LogP contribution in [-0.2, 0) is 6.42 Å². The van der Waals surface area contributed by atoms with Crippen molar-refractivity contribution in [1.29, 1.82) is 0 Å². The Bertz CT molecular complexity index is 613. The van der Waals surface area contributed by atoms with Crippen LogP contribution >= 0.6 is 15.9 Å². The fourth-order valence-electron chi connectivity index (χ4n) is 2.05. The first-order valence-corrected chi connectivity index (χ1v) is 7.16. The van der Waals surface area contributed by atoms with Gasteiger partial charge in [0.05, 0.1) is 7.11 Å². The van der Waals surface area contributed by atoms with E-state index in [9.17, 15) is 8.78 Å². The molecule has 106 valence electrons. The van der Waals surface area contributed by atoms with Crippen LogP contribution in [0.4, 0.5) is 8.78 Å². The van der Waals surface area contributed by atoms with Crippen molar-refractivity contribution in [1.82, 2.24) is 0 Å². The quantitative estimate of drug-likeness (QED) is 0.714. The lowest BCUT2D eigenvalue weighted by atomic mass is 10.0. The molecule has 0 aliphatic rings. The van der Waals surface area contributed by atoms with Crippen LogP contribution in [0, 0.1) is 18.6 Å². The Morgan fingerprint density at radius 3 is 2.65 bits per heavy atom. The largest absolute Gasteiger partial charge is 0.496 e. The first-order chi connectivity index (χ1) is 9.52. The summed E-state index contributed by atoms with van der Waals surface area (Å²) in [4.78, 5) is -0.103. The van der Waals surface area contributed by atoms with Crippen molar-refractivity contribution in [3.63, 3.8) is 0 Å². The predicted octanol–water partition coefficient (Wildman–Crippen LogP) is 4.96. The minimum absolute atomic E-state index is 0.103. The van der Waals surface area contributed by atoms with Gasteiger partial charge in [0.1, 0.15) is 5.75 Å². The van der Waals surface area contributed by atoms with Crippen LogP contribution in [0.3, 0.4) is 0 Å². The maximum atomic E-state index is 13.7. The molecule has 4 heteroatoms. The summed E-state index contributed by atoms with van der Waals surface area (Å²) in [6.45, 7) is 1.96. The average Bonchev–Trinajstić information content (AvgIpc) is 2.44.